The molecule has 0 saturated carbocycles. The van der Waals surface area contributed by atoms with Gasteiger partial charge in [-0.3, -0.25) is 4.79 Å². The van der Waals surface area contributed by atoms with Crippen LogP contribution in [0, 0.1) is 0 Å². The number of ketones is 1. The highest BCUT2D eigenvalue weighted by molar-refractivity contribution is 5.76. The molecule has 0 aliphatic rings. The van der Waals surface area contributed by atoms with E-state index in [0.717, 1.165) is 0 Å². The fourth-order valence-electron chi connectivity index (χ4n) is 1.06. The average Bonchev–Trinajstić information content (AvgIpc) is 1.53. The van der Waals surface area contributed by atoms with E-state index in [1.807, 2.05) is 0 Å². The number of carbonyl (C=O) groups is 1. The lowest BCUT2D eigenvalue weighted by Gasteiger charge is -2.18. The first kappa shape index (κ1) is 10.6. The lowest BCUT2D eigenvalue weighted by atomic mass is 9.98. The molecule has 0 aromatic heterocycles. The van der Waals surface area contributed by atoms with Gasteiger partial charge in [-0.15, -0.1) is 0 Å². The summed E-state index contributed by atoms with van der Waals surface area (Å²) in [6, 6.07) is -0.340. The number of rotatable bonds is 4. The van der Waals surface area contributed by atoms with E-state index in [9.17, 15) is 9.18 Å². The number of carbonyl (C=O) groups excluding carboxylic acids is 1. The second kappa shape index (κ2) is 3.81. The Bertz CT molecular complexity index is 140. The van der Waals surface area contributed by atoms with Crippen LogP contribution in [-0.2, 0) is 4.79 Å². The van der Waals surface area contributed by atoms with Crippen molar-refractivity contribution in [1.29, 1.82) is 0 Å². The van der Waals surface area contributed by atoms with Crippen LogP contribution in [0.25, 0.3) is 0 Å². The van der Waals surface area contributed by atoms with Gasteiger partial charge in [-0.05, 0) is 27.2 Å². The van der Waals surface area contributed by atoms with Crippen LogP contribution in [0.3, 0.4) is 0 Å². The van der Waals surface area contributed by atoms with Crippen LogP contribution in [-0.4, -0.2) is 17.5 Å². The summed E-state index contributed by atoms with van der Waals surface area (Å²) in [4.78, 5) is 10.5. The van der Waals surface area contributed by atoms with Gasteiger partial charge in [0.25, 0.3) is 0 Å². The van der Waals surface area contributed by atoms with Crippen LogP contribution in [0.1, 0.15) is 33.6 Å². The van der Waals surface area contributed by atoms with E-state index >= 15 is 0 Å². The Morgan fingerprint density at radius 2 is 2.09 bits per heavy atom. The molecule has 2 N–H and O–H groups in total. The molecule has 0 rings (SSSR count). The van der Waals surface area contributed by atoms with Gasteiger partial charge in [0.15, 0.2) is 0 Å². The van der Waals surface area contributed by atoms with Gasteiger partial charge in [0, 0.05) is 12.5 Å². The third-order valence-electron chi connectivity index (χ3n) is 1.30. The minimum atomic E-state index is -1.27. The van der Waals surface area contributed by atoms with Gasteiger partial charge < -0.3 is 5.73 Å². The molecule has 0 radical (unpaired) electrons. The predicted octanol–water partition coefficient (Wildman–Crippen LogP) is 1.43. The van der Waals surface area contributed by atoms with E-state index in [1.165, 1.54) is 20.8 Å². The minimum absolute atomic E-state index is 0.0155. The third-order valence-corrected chi connectivity index (χ3v) is 1.30. The molecule has 0 bridgehead atoms. The normalized spacial score (nSPS) is 14.6. The number of Topliss-reactive ketones (excluding diaryl/α,β-unsaturated/α-hetero) is 1. The Labute approximate surface area is 67.0 Å². The van der Waals surface area contributed by atoms with Crippen LogP contribution in [0.5, 0.6) is 0 Å². The molecule has 0 aromatic rings. The van der Waals surface area contributed by atoms with Crippen LogP contribution in [0.4, 0.5) is 4.39 Å². The molecule has 1 atom stereocenters. The fraction of sp³-hybridized carbons (Fsp3) is 0.875. The van der Waals surface area contributed by atoms with Crippen molar-refractivity contribution >= 4 is 5.78 Å². The Morgan fingerprint density at radius 1 is 1.64 bits per heavy atom. The van der Waals surface area contributed by atoms with Crippen molar-refractivity contribution in [1.82, 2.24) is 0 Å². The first-order valence-corrected chi connectivity index (χ1v) is 3.75. The van der Waals surface area contributed by atoms with Crippen molar-refractivity contribution in [3.8, 4) is 0 Å². The van der Waals surface area contributed by atoms with Crippen molar-refractivity contribution in [3.05, 3.63) is 0 Å². The van der Waals surface area contributed by atoms with Crippen LogP contribution >= 0.6 is 0 Å². The van der Waals surface area contributed by atoms with Crippen molar-refractivity contribution < 1.29 is 9.18 Å². The lowest BCUT2D eigenvalue weighted by molar-refractivity contribution is -0.117. The minimum Gasteiger partial charge on any atom is -0.327 e. The van der Waals surface area contributed by atoms with E-state index < -0.39 is 5.67 Å². The van der Waals surface area contributed by atoms with Crippen LogP contribution in [0.15, 0.2) is 0 Å². The van der Waals surface area contributed by atoms with Crippen molar-refractivity contribution in [2.45, 2.75) is 45.3 Å². The molecule has 0 aliphatic carbocycles. The van der Waals surface area contributed by atoms with E-state index in [2.05, 4.69) is 0 Å². The molecule has 3 heteroatoms. The molecule has 0 aliphatic heterocycles. The van der Waals surface area contributed by atoms with Gasteiger partial charge in [0.05, 0.1) is 0 Å². The molecule has 0 amide bonds. The molecule has 0 aromatic carbocycles. The van der Waals surface area contributed by atoms with E-state index in [0.29, 0.717) is 0 Å². The molecule has 0 heterocycles. The number of alkyl halides is 1. The zero-order valence-electron chi connectivity index (χ0n) is 7.36. The summed E-state index contributed by atoms with van der Waals surface area (Å²) in [7, 11) is 0. The highest BCUT2D eigenvalue weighted by Crippen LogP contribution is 2.16. The fourth-order valence-corrected chi connectivity index (χ4v) is 1.06. The summed E-state index contributed by atoms with van der Waals surface area (Å²) < 4.78 is 12.9. The molecule has 0 unspecified atom stereocenters. The SMILES string of the molecule is CC(=O)C[C@@H](N)CC(C)(C)[18F]. The summed E-state index contributed by atoms with van der Waals surface area (Å²) >= 11 is 0. The maximum Gasteiger partial charge on any atom is 0.131 e. The maximum atomic E-state index is 12.9. The topological polar surface area (TPSA) is 43.1 Å². The van der Waals surface area contributed by atoms with Gasteiger partial charge in [-0.25, -0.2) is 4.39 Å². The summed E-state index contributed by atoms with van der Waals surface area (Å²) in [6.45, 7) is 4.39. The second-order valence-electron chi connectivity index (χ2n) is 3.59. The Hall–Kier alpha value is -0.440. The summed E-state index contributed by atoms with van der Waals surface area (Å²) in [6.07, 6.45) is 0.514. The number of hydrogen-bond acceptors (Lipinski definition) is 2. The molecule has 66 valence electrons. The Kier molecular flexibility index (Phi) is 3.66. The molecular formula is C8H16FNO. The zero-order valence-corrected chi connectivity index (χ0v) is 7.36. The number of nitrogens with two attached hydrogens (primary N) is 1. The van der Waals surface area contributed by atoms with Crippen LogP contribution < -0.4 is 5.73 Å². The highest BCUT2D eigenvalue weighted by Gasteiger charge is 2.20. The first-order chi connectivity index (χ1) is 4.81. The summed E-state index contributed by atoms with van der Waals surface area (Å²) in [5, 5.41) is 0. The first-order valence-electron chi connectivity index (χ1n) is 3.75. The molecular weight excluding hydrogens is 144 g/mol. The van der Waals surface area contributed by atoms with Crippen molar-refractivity contribution in [3.63, 3.8) is 0 Å². The zero-order chi connectivity index (χ0) is 9.07. The smallest absolute Gasteiger partial charge is 0.131 e. The Morgan fingerprint density at radius 3 is 2.36 bits per heavy atom. The third kappa shape index (κ3) is 7.46. The largest absolute Gasteiger partial charge is 0.327 e. The van der Waals surface area contributed by atoms with E-state index in [1.54, 1.807) is 0 Å². The second-order valence-corrected chi connectivity index (χ2v) is 3.59. The molecule has 2 nitrogen and oxygen atoms in total. The quantitative estimate of drug-likeness (QED) is 0.676. The Balaban J connectivity index is 3.69. The molecule has 0 fully saturated rings. The monoisotopic (exact) mass is 160 g/mol. The van der Waals surface area contributed by atoms with Gasteiger partial charge in [0.1, 0.15) is 11.5 Å². The number of hydrogen-bond donors (Lipinski definition) is 1. The molecule has 11 heavy (non-hydrogen) atoms. The van der Waals surface area contributed by atoms with Crippen molar-refractivity contribution in [2.75, 3.05) is 0 Å². The molecule has 0 spiro atoms. The lowest BCUT2D eigenvalue weighted by Crippen LogP contribution is -2.30. The van der Waals surface area contributed by atoms with Gasteiger partial charge in [-0.1, -0.05) is 0 Å². The van der Waals surface area contributed by atoms with Gasteiger partial charge in [0.2, 0.25) is 0 Å². The van der Waals surface area contributed by atoms with Gasteiger partial charge in [-0.2, -0.15) is 0 Å². The maximum absolute atomic E-state index is 12.9. The summed E-state index contributed by atoms with van der Waals surface area (Å²) in [5.74, 6) is 0.0155. The van der Waals surface area contributed by atoms with Crippen molar-refractivity contribution in [2.24, 2.45) is 5.73 Å². The highest BCUT2D eigenvalue weighted by atomic mass is 18.2. The average molecular weight is 160 g/mol. The van der Waals surface area contributed by atoms with E-state index in [4.69, 9.17) is 5.73 Å². The van der Waals surface area contributed by atoms with E-state index in [-0.39, 0.29) is 24.7 Å². The van der Waals surface area contributed by atoms with Crippen LogP contribution in [0.2, 0.25) is 0 Å². The summed E-state index contributed by atoms with van der Waals surface area (Å²) in [5.41, 5.74) is 4.23. The molecule has 0 saturated heterocycles. The standard InChI is InChI=1S/C8H16FNO/c1-6(11)4-7(10)5-8(2,3)9/h7H,4-5,10H2,1-3H3/t7-/m1/s1/i9-1. The number of halogens is 1. The predicted molar refractivity (Wildman–Crippen MR) is 43.1 cm³/mol. The van der Waals surface area contributed by atoms with Gasteiger partial charge >= 0.3 is 0 Å².